The van der Waals surface area contributed by atoms with Gasteiger partial charge in [-0.15, -0.1) is 0 Å². The molecule has 0 bridgehead atoms. The Morgan fingerprint density at radius 3 is 2.03 bits per heavy atom. The Hall–Kier alpha value is -4.01. The molecule has 0 amide bonds. The van der Waals surface area contributed by atoms with Crippen molar-refractivity contribution in [2.45, 2.75) is 5.41 Å². The fraction of sp³-hybridized carbons (Fsp3) is 0.0323. The molecule has 0 fully saturated rings. The molecule has 0 atom stereocenters. The van der Waals surface area contributed by atoms with Crippen LogP contribution in [-0.2, 0) is 5.41 Å². The highest BCUT2D eigenvalue weighted by Crippen LogP contribution is 2.63. The van der Waals surface area contributed by atoms with Gasteiger partial charge in [0.05, 0.1) is 10.4 Å². The van der Waals surface area contributed by atoms with Gasteiger partial charge in [0.2, 0.25) is 0 Å². The van der Waals surface area contributed by atoms with Crippen molar-refractivity contribution in [3.05, 3.63) is 130 Å². The lowest BCUT2D eigenvalue weighted by molar-refractivity contribution is 0.432. The summed E-state index contributed by atoms with van der Waals surface area (Å²) < 4.78 is 13.1. The molecular weight excluding hydrogens is 440 g/mol. The van der Waals surface area contributed by atoms with Gasteiger partial charge in [-0.25, -0.2) is 0 Å². The van der Waals surface area contributed by atoms with E-state index in [0.29, 0.717) is 5.02 Å². The summed E-state index contributed by atoms with van der Waals surface area (Å²) in [7, 11) is 0. The van der Waals surface area contributed by atoms with Crippen molar-refractivity contribution >= 4 is 33.5 Å². The van der Waals surface area contributed by atoms with Gasteiger partial charge < -0.3 is 9.15 Å². The summed E-state index contributed by atoms with van der Waals surface area (Å²) >= 11 is 6.60. The average Bonchev–Trinajstić information content (AvgIpc) is 3.41. The lowest BCUT2D eigenvalue weighted by Gasteiger charge is -2.39. The van der Waals surface area contributed by atoms with Crippen LogP contribution < -0.4 is 4.74 Å². The van der Waals surface area contributed by atoms with Crippen molar-refractivity contribution in [1.82, 2.24) is 0 Å². The summed E-state index contributed by atoms with van der Waals surface area (Å²) in [6.45, 7) is 0. The van der Waals surface area contributed by atoms with Crippen LogP contribution in [0.25, 0.3) is 33.1 Å². The number of benzene rings is 5. The van der Waals surface area contributed by atoms with Gasteiger partial charge in [-0.2, -0.15) is 0 Å². The van der Waals surface area contributed by atoms with Gasteiger partial charge in [0, 0.05) is 21.9 Å². The third-order valence-electron chi connectivity index (χ3n) is 7.43. The quantitative estimate of drug-likeness (QED) is 0.227. The van der Waals surface area contributed by atoms with Crippen LogP contribution >= 0.6 is 11.6 Å². The van der Waals surface area contributed by atoms with E-state index in [2.05, 4.69) is 78.9 Å². The number of para-hydroxylation sites is 1. The van der Waals surface area contributed by atoms with Crippen LogP contribution in [0.5, 0.6) is 11.5 Å². The highest BCUT2D eigenvalue weighted by Gasteiger charge is 2.51. The summed E-state index contributed by atoms with van der Waals surface area (Å²) in [5.74, 6) is 1.61. The van der Waals surface area contributed by atoms with E-state index < -0.39 is 5.41 Å². The maximum Gasteiger partial charge on any atom is 0.178 e. The number of halogens is 1. The first kappa shape index (κ1) is 18.4. The van der Waals surface area contributed by atoms with Gasteiger partial charge in [-0.3, -0.25) is 0 Å². The number of ether oxygens (including phenoxy) is 1. The van der Waals surface area contributed by atoms with Crippen LogP contribution in [0, 0.1) is 0 Å². The van der Waals surface area contributed by atoms with E-state index in [1.807, 2.05) is 24.3 Å². The van der Waals surface area contributed by atoms with Crippen molar-refractivity contribution < 1.29 is 9.15 Å². The average molecular weight is 457 g/mol. The van der Waals surface area contributed by atoms with Crippen molar-refractivity contribution in [3.8, 4) is 22.6 Å². The molecule has 0 saturated carbocycles. The van der Waals surface area contributed by atoms with Gasteiger partial charge in [-0.1, -0.05) is 90.5 Å². The first-order chi connectivity index (χ1) is 16.8. The van der Waals surface area contributed by atoms with Gasteiger partial charge in [0.15, 0.2) is 11.3 Å². The zero-order valence-electron chi connectivity index (χ0n) is 18.0. The Morgan fingerprint density at radius 1 is 0.588 bits per heavy atom. The summed E-state index contributed by atoms with van der Waals surface area (Å²) in [5.41, 5.74) is 8.29. The molecule has 1 aromatic heterocycles. The Bertz CT molecular complexity index is 1760. The Morgan fingerprint density at radius 2 is 1.26 bits per heavy atom. The van der Waals surface area contributed by atoms with E-state index in [1.54, 1.807) is 0 Å². The zero-order valence-corrected chi connectivity index (χ0v) is 18.8. The standard InChI is InChI=1S/C31H17ClO2/c32-25-13-7-15-27-28(25)20-16-17-24-30(29(20)34-27)33-26-14-6-5-12-23(26)31(24)21-10-3-1-8-18(21)19-9-2-4-11-22(19)31/h1-17H. The molecule has 2 nitrogen and oxygen atoms in total. The SMILES string of the molecule is Clc1cccc2oc3c4c(ccc3c12)C1(c2ccccc2O4)c2ccccc2-c2ccccc21. The zero-order chi connectivity index (χ0) is 22.4. The molecular formula is C31H17ClO2. The molecule has 0 N–H and O–H groups in total. The Labute approximate surface area is 201 Å². The van der Waals surface area contributed by atoms with Crippen LogP contribution in [0.1, 0.15) is 22.3 Å². The van der Waals surface area contributed by atoms with Crippen molar-refractivity contribution in [2.24, 2.45) is 0 Å². The second kappa shape index (κ2) is 6.31. The molecule has 3 heteroatoms. The molecule has 0 radical (unpaired) electrons. The minimum atomic E-state index is -0.492. The van der Waals surface area contributed by atoms with E-state index in [-0.39, 0.29) is 0 Å². The monoisotopic (exact) mass is 456 g/mol. The molecule has 5 aromatic carbocycles. The number of hydrogen-bond donors (Lipinski definition) is 0. The smallest absolute Gasteiger partial charge is 0.178 e. The molecule has 1 spiro atoms. The van der Waals surface area contributed by atoms with Crippen LogP contribution in [0.4, 0.5) is 0 Å². The van der Waals surface area contributed by atoms with Crippen LogP contribution in [-0.4, -0.2) is 0 Å². The normalized spacial score (nSPS) is 14.5. The Balaban J connectivity index is 1.59. The summed E-state index contributed by atoms with van der Waals surface area (Å²) in [6.07, 6.45) is 0. The lowest BCUT2D eigenvalue weighted by Crippen LogP contribution is -2.32. The topological polar surface area (TPSA) is 22.4 Å². The second-order valence-electron chi connectivity index (χ2n) is 8.97. The molecule has 0 unspecified atom stereocenters. The fourth-order valence-electron chi connectivity index (χ4n) is 6.15. The van der Waals surface area contributed by atoms with Crippen LogP contribution in [0.15, 0.2) is 108 Å². The minimum absolute atomic E-state index is 0.492. The van der Waals surface area contributed by atoms with E-state index in [0.717, 1.165) is 44.6 Å². The molecule has 34 heavy (non-hydrogen) atoms. The van der Waals surface area contributed by atoms with Gasteiger partial charge in [0.1, 0.15) is 11.3 Å². The van der Waals surface area contributed by atoms with E-state index in [4.69, 9.17) is 20.8 Å². The molecule has 2 heterocycles. The third kappa shape index (κ3) is 2.04. The highest BCUT2D eigenvalue weighted by molar-refractivity contribution is 6.37. The summed E-state index contributed by atoms with van der Waals surface area (Å²) in [5, 5.41) is 2.57. The molecule has 1 aliphatic carbocycles. The maximum atomic E-state index is 6.64. The molecule has 160 valence electrons. The van der Waals surface area contributed by atoms with Crippen molar-refractivity contribution in [2.75, 3.05) is 0 Å². The number of hydrogen-bond acceptors (Lipinski definition) is 2. The fourth-order valence-corrected chi connectivity index (χ4v) is 6.42. The molecule has 0 saturated heterocycles. The van der Waals surface area contributed by atoms with Crippen LogP contribution in [0.3, 0.4) is 0 Å². The second-order valence-corrected chi connectivity index (χ2v) is 9.38. The molecule has 8 rings (SSSR count). The van der Waals surface area contributed by atoms with Gasteiger partial charge in [-0.05, 0) is 46.5 Å². The van der Waals surface area contributed by atoms with E-state index in [1.165, 1.54) is 22.3 Å². The molecule has 1 aliphatic heterocycles. The minimum Gasteiger partial charge on any atom is -0.453 e. The summed E-state index contributed by atoms with van der Waals surface area (Å²) in [6, 6.07) is 35.9. The van der Waals surface area contributed by atoms with Crippen molar-refractivity contribution in [1.29, 1.82) is 0 Å². The van der Waals surface area contributed by atoms with E-state index >= 15 is 0 Å². The predicted octanol–water partition coefficient (Wildman–Crippen LogP) is 8.71. The lowest BCUT2D eigenvalue weighted by atomic mass is 9.66. The first-order valence-electron chi connectivity index (χ1n) is 11.4. The largest absolute Gasteiger partial charge is 0.453 e. The predicted molar refractivity (Wildman–Crippen MR) is 136 cm³/mol. The van der Waals surface area contributed by atoms with Crippen LogP contribution in [0.2, 0.25) is 5.02 Å². The highest BCUT2D eigenvalue weighted by atomic mass is 35.5. The molecule has 6 aromatic rings. The number of fused-ring (bicyclic) bond motifs is 13. The maximum absolute atomic E-state index is 6.64. The third-order valence-corrected chi connectivity index (χ3v) is 7.74. The first-order valence-corrected chi connectivity index (χ1v) is 11.8. The molecule has 2 aliphatic rings. The van der Waals surface area contributed by atoms with E-state index in [9.17, 15) is 0 Å². The Kier molecular flexibility index (Phi) is 3.42. The van der Waals surface area contributed by atoms with Gasteiger partial charge in [0.25, 0.3) is 0 Å². The number of furan rings is 1. The van der Waals surface area contributed by atoms with Crippen molar-refractivity contribution in [3.63, 3.8) is 0 Å². The van der Waals surface area contributed by atoms with Gasteiger partial charge >= 0.3 is 0 Å². The summed E-state index contributed by atoms with van der Waals surface area (Å²) in [4.78, 5) is 0. The number of rotatable bonds is 0.